The predicted octanol–water partition coefficient (Wildman–Crippen LogP) is 6.94. The minimum absolute atomic E-state index is 0. The Balaban J connectivity index is 0. The van der Waals surface area contributed by atoms with Gasteiger partial charge in [0.05, 0.1) is 0 Å². The summed E-state index contributed by atoms with van der Waals surface area (Å²) in [7, 11) is 1.72. The van der Waals surface area contributed by atoms with Crippen molar-refractivity contribution in [2.45, 2.75) is 96.3 Å². The van der Waals surface area contributed by atoms with E-state index in [-0.39, 0.29) is 20.4 Å². The van der Waals surface area contributed by atoms with Crippen LogP contribution in [0.1, 0.15) is 96.3 Å². The van der Waals surface area contributed by atoms with Gasteiger partial charge >= 0.3 is 0 Å². The number of hydrogen-bond acceptors (Lipinski definition) is 1. The van der Waals surface area contributed by atoms with Crippen molar-refractivity contribution >= 4 is 9.12 Å². The Kier molecular flexibility index (Phi) is 26.3. The fourth-order valence-corrected chi connectivity index (χ4v) is 2.70. The molecule has 3 fully saturated rings. The zero-order chi connectivity index (χ0) is 14.7. The van der Waals surface area contributed by atoms with E-state index < -0.39 is 0 Å². The van der Waals surface area contributed by atoms with Gasteiger partial charge in [0.1, 0.15) is 9.12 Å². The SMILES string of the molecule is O=P.[CH-]1CCCCC1.[CH-]1CCCCC1.[CH-]1CCCCC1.[Pd]. The van der Waals surface area contributed by atoms with Gasteiger partial charge in [0.2, 0.25) is 0 Å². The van der Waals surface area contributed by atoms with E-state index in [1.807, 2.05) is 0 Å². The van der Waals surface area contributed by atoms with Crippen LogP contribution >= 0.6 is 9.12 Å². The summed E-state index contributed by atoms with van der Waals surface area (Å²) in [6.07, 6.45) is 28.5. The van der Waals surface area contributed by atoms with Gasteiger partial charge in [-0.3, -0.25) is 4.57 Å². The Morgan fingerprint density at radius 2 is 0.619 bits per heavy atom. The van der Waals surface area contributed by atoms with Crippen molar-refractivity contribution < 1.29 is 25.0 Å². The fourth-order valence-electron chi connectivity index (χ4n) is 2.70. The molecule has 0 amide bonds. The quantitative estimate of drug-likeness (QED) is 0.243. The van der Waals surface area contributed by atoms with Crippen LogP contribution in [0.4, 0.5) is 0 Å². The molecule has 0 spiro atoms. The van der Waals surface area contributed by atoms with Gasteiger partial charge in [-0.25, -0.2) is 0 Å². The van der Waals surface area contributed by atoms with Crippen molar-refractivity contribution in [1.29, 1.82) is 0 Å². The molecule has 21 heavy (non-hydrogen) atoms. The summed E-state index contributed by atoms with van der Waals surface area (Å²) in [5.41, 5.74) is 0. The summed E-state index contributed by atoms with van der Waals surface area (Å²) in [4.78, 5) is 0. The van der Waals surface area contributed by atoms with Crippen LogP contribution in [-0.2, 0) is 25.0 Å². The van der Waals surface area contributed by atoms with Gasteiger partial charge in [0, 0.05) is 20.4 Å². The van der Waals surface area contributed by atoms with Crippen LogP contribution in [0.2, 0.25) is 0 Å². The molecule has 0 heterocycles. The van der Waals surface area contributed by atoms with Gasteiger partial charge in [0.15, 0.2) is 0 Å². The zero-order valence-corrected chi connectivity index (χ0v) is 16.1. The van der Waals surface area contributed by atoms with Gasteiger partial charge in [-0.2, -0.15) is 38.5 Å². The molecule has 0 saturated heterocycles. The first kappa shape index (κ1) is 24.0. The normalized spacial score (nSPS) is 20.8. The minimum Gasteiger partial charge on any atom is -0.328 e. The van der Waals surface area contributed by atoms with E-state index in [9.17, 15) is 0 Å². The summed E-state index contributed by atoms with van der Waals surface area (Å²) >= 11 is 0. The average molecular weight is 404 g/mol. The van der Waals surface area contributed by atoms with Crippen LogP contribution in [0.5, 0.6) is 0 Å². The van der Waals surface area contributed by atoms with Gasteiger partial charge in [-0.1, -0.05) is 57.8 Å². The van der Waals surface area contributed by atoms with Crippen LogP contribution < -0.4 is 0 Å². The van der Waals surface area contributed by atoms with Crippen LogP contribution in [0.15, 0.2) is 0 Å². The molecule has 1 nitrogen and oxygen atoms in total. The molecule has 0 aromatic heterocycles. The van der Waals surface area contributed by atoms with Crippen LogP contribution in [0.25, 0.3) is 0 Å². The molecule has 3 aliphatic carbocycles. The van der Waals surface area contributed by atoms with Crippen molar-refractivity contribution in [2.75, 3.05) is 0 Å². The number of rotatable bonds is 0. The molecule has 0 aliphatic heterocycles. The first-order chi connectivity index (χ1) is 10.0. The standard InChI is InChI=1S/3C6H11.HOP.Pd/c3*1-2-4-6-5-3-1;1-2;/h3*1H,2-6H2;2H;/q3*-1;;. The van der Waals surface area contributed by atoms with Gasteiger partial charge in [-0.05, 0) is 0 Å². The van der Waals surface area contributed by atoms with E-state index in [1.54, 1.807) is 9.12 Å². The third-order valence-corrected chi connectivity index (χ3v) is 3.95. The largest absolute Gasteiger partial charge is 0.328 e. The molecule has 0 radical (unpaired) electrons. The summed E-state index contributed by atoms with van der Waals surface area (Å²) in [6, 6.07) is 0. The summed E-state index contributed by atoms with van der Waals surface area (Å²) < 4.78 is 8.06. The Hall–Kier alpha value is 0.762. The van der Waals surface area contributed by atoms with Gasteiger partial charge in [-0.15, -0.1) is 0 Å². The second-order valence-electron chi connectivity index (χ2n) is 5.78. The fraction of sp³-hybridized carbons (Fsp3) is 0.833. The molecule has 3 rings (SSSR count). The van der Waals surface area contributed by atoms with E-state index in [0.717, 1.165) is 0 Å². The maximum absolute atomic E-state index is 8.06. The third-order valence-electron chi connectivity index (χ3n) is 3.95. The van der Waals surface area contributed by atoms with Crippen LogP contribution in [0, 0.1) is 19.3 Å². The topological polar surface area (TPSA) is 17.1 Å². The molecule has 3 heteroatoms. The summed E-state index contributed by atoms with van der Waals surface area (Å²) in [5.74, 6) is 0. The first-order valence-electron chi connectivity index (χ1n) is 8.65. The van der Waals surface area contributed by atoms with E-state index in [0.29, 0.717) is 0 Å². The second kappa shape index (κ2) is 23.0. The van der Waals surface area contributed by atoms with E-state index in [1.165, 1.54) is 96.3 Å². The zero-order valence-electron chi connectivity index (χ0n) is 13.6. The van der Waals surface area contributed by atoms with Crippen molar-refractivity contribution in [1.82, 2.24) is 0 Å². The maximum Gasteiger partial charge on any atom is 0.138 e. The Morgan fingerprint density at radius 3 is 0.667 bits per heavy atom. The minimum atomic E-state index is 0. The van der Waals surface area contributed by atoms with Crippen molar-refractivity contribution in [3.8, 4) is 0 Å². The van der Waals surface area contributed by atoms with Gasteiger partial charge < -0.3 is 19.3 Å². The van der Waals surface area contributed by atoms with Crippen LogP contribution in [-0.4, -0.2) is 0 Å². The molecule has 0 aromatic rings. The predicted molar refractivity (Wildman–Crippen MR) is 91.2 cm³/mol. The molecule has 0 aromatic carbocycles. The molecule has 3 aliphatic rings. The van der Waals surface area contributed by atoms with Crippen molar-refractivity contribution in [2.24, 2.45) is 0 Å². The van der Waals surface area contributed by atoms with Crippen molar-refractivity contribution in [3.05, 3.63) is 19.3 Å². The monoisotopic (exact) mass is 403 g/mol. The Labute approximate surface area is 149 Å². The third kappa shape index (κ3) is 20.8. The van der Waals surface area contributed by atoms with E-state index in [2.05, 4.69) is 19.3 Å². The van der Waals surface area contributed by atoms with E-state index in [4.69, 9.17) is 4.57 Å². The number of hydrogen-bond donors (Lipinski definition) is 0. The average Bonchev–Trinajstić information content (AvgIpc) is 2.62. The molecule has 0 bridgehead atoms. The molecule has 130 valence electrons. The second-order valence-corrected chi connectivity index (χ2v) is 5.78. The smallest absolute Gasteiger partial charge is 0.138 e. The summed E-state index contributed by atoms with van der Waals surface area (Å²) in [5, 5.41) is 0. The molecule has 0 N–H and O–H groups in total. The maximum atomic E-state index is 8.06. The van der Waals surface area contributed by atoms with Crippen molar-refractivity contribution in [3.63, 3.8) is 0 Å². The van der Waals surface area contributed by atoms with E-state index >= 15 is 0 Å². The molecule has 0 unspecified atom stereocenters. The Bertz CT molecular complexity index is 104. The van der Waals surface area contributed by atoms with Crippen LogP contribution in [0.3, 0.4) is 0 Å². The Morgan fingerprint density at radius 1 is 0.429 bits per heavy atom. The summed E-state index contributed by atoms with van der Waals surface area (Å²) in [6.45, 7) is 0. The molecule has 3 saturated carbocycles. The molecular weight excluding hydrogens is 370 g/mol. The first-order valence-corrected chi connectivity index (χ1v) is 9.06. The molecular formula is C18H34OPPd-3. The molecule has 0 atom stereocenters. The van der Waals surface area contributed by atoms with Gasteiger partial charge in [0.25, 0.3) is 0 Å².